The van der Waals surface area contributed by atoms with Gasteiger partial charge in [-0.15, -0.1) is 0 Å². The Morgan fingerprint density at radius 2 is 1.77 bits per heavy atom. The van der Waals surface area contributed by atoms with Crippen LogP contribution in [0.2, 0.25) is 0 Å². The highest BCUT2D eigenvalue weighted by atomic mass is 16.3. The molecule has 0 saturated heterocycles. The van der Waals surface area contributed by atoms with Gasteiger partial charge < -0.3 is 21.1 Å². The van der Waals surface area contributed by atoms with Crippen molar-refractivity contribution in [1.82, 2.24) is 0 Å². The number of hydrogen-bond donors (Lipinski definition) is 4. The molecule has 0 heterocycles. The van der Waals surface area contributed by atoms with Crippen LogP contribution in [0.4, 0.5) is 0 Å². The van der Waals surface area contributed by atoms with E-state index in [0.717, 1.165) is 5.56 Å². The van der Waals surface area contributed by atoms with Crippen LogP contribution in [-0.2, 0) is 6.42 Å². The summed E-state index contributed by atoms with van der Waals surface area (Å²) in [5, 5.41) is 27.0. The predicted molar refractivity (Wildman–Crippen MR) is 48.0 cm³/mol. The van der Waals surface area contributed by atoms with E-state index < -0.39 is 12.3 Å². The van der Waals surface area contributed by atoms with E-state index in [9.17, 15) is 5.11 Å². The Hall–Kier alpha value is -1.10. The molecular weight excluding hydrogens is 170 g/mol. The van der Waals surface area contributed by atoms with Gasteiger partial charge in [-0.25, -0.2) is 0 Å². The maximum absolute atomic E-state index is 9.31. The summed E-state index contributed by atoms with van der Waals surface area (Å²) >= 11 is 0. The van der Waals surface area contributed by atoms with Crippen molar-refractivity contribution in [3.05, 3.63) is 29.8 Å². The second-order valence-electron chi connectivity index (χ2n) is 3.10. The van der Waals surface area contributed by atoms with Gasteiger partial charge in [-0.05, 0) is 17.7 Å². The lowest BCUT2D eigenvalue weighted by Crippen LogP contribution is -2.45. The quantitative estimate of drug-likeness (QED) is 0.479. The molecule has 1 aromatic carbocycles. The number of benzene rings is 1. The zero-order valence-corrected chi connectivity index (χ0v) is 7.14. The maximum Gasteiger partial charge on any atom is 0.140 e. The van der Waals surface area contributed by atoms with Crippen molar-refractivity contribution in [2.45, 2.75) is 12.1 Å². The Labute approximate surface area is 76.2 Å². The average Bonchev–Trinajstić information content (AvgIpc) is 2.09. The first-order chi connectivity index (χ1) is 6.03. The van der Waals surface area contributed by atoms with Gasteiger partial charge in [-0.2, -0.15) is 0 Å². The Kier molecular flexibility index (Phi) is 2.87. The first kappa shape index (κ1) is 9.98. The van der Waals surface area contributed by atoms with E-state index in [1.165, 1.54) is 12.1 Å². The summed E-state index contributed by atoms with van der Waals surface area (Å²) in [5.74, 6) is 0.160. The molecule has 0 aromatic heterocycles. The third-order valence-electron chi connectivity index (χ3n) is 1.72. The molecule has 0 aliphatic heterocycles. The van der Waals surface area contributed by atoms with Crippen molar-refractivity contribution in [3.63, 3.8) is 0 Å². The van der Waals surface area contributed by atoms with Crippen molar-refractivity contribution < 1.29 is 15.3 Å². The molecule has 1 aromatic rings. The largest absolute Gasteiger partial charge is 0.508 e. The minimum atomic E-state index is -1.59. The first-order valence-electron chi connectivity index (χ1n) is 3.93. The third-order valence-corrected chi connectivity index (χ3v) is 1.72. The molecule has 0 fully saturated rings. The van der Waals surface area contributed by atoms with E-state index in [0.29, 0.717) is 0 Å². The minimum Gasteiger partial charge on any atom is -0.508 e. The molecule has 1 rings (SSSR count). The van der Waals surface area contributed by atoms with E-state index in [1.54, 1.807) is 12.1 Å². The van der Waals surface area contributed by atoms with Crippen LogP contribution < -0.4 is 5.73 Å². The first-order valence-corrected chi connectivity index (χ1v) is 3.93. The molecule has 0 amide bonds. The van der Waals surface area contributed by atoms with E-state index in [-0.39, 0.29) is 12.2 Å². The highest BCUT2D eigenvalue weighted by Crippen LogP contribution is 2.13. The van der Waals surface area contributed by atoms with Crippen LogP contribution in [-0.4, -0.2) is 27.7 Å². The number of rotatable bonds is 3. The molecule has 0 bridgehead atoms. The highest BCUT2D eigenvalue weighted by Gasteiger charge is 2.19. The fourth-order valence-corrected chi connectivity index (χ4v) is 1.02. The summed E-state index contributed by atoms with van der Waals surface area (Å²) in [5.41, 5.74) is 4.50. The summed E-state index contributed by atoms with van der Waals surface area (Å²) in [4.78, 5) is 0. The van der Waals surface area contributed by atoms with Gasteiger partial charge in [0.25, 0.3) is 0 Å². The minimum absolute atomic E-state index is 0.157. The topological polar surface area (TPSA) is 86.7 Å². The van der Waals surface area contributed by atoms with Gasteiger partial charge in [0, 0.05) is 6.42 Å². The van der Waals surface area contributed by atoms with Crippen molar-refractivity contribution in [3.8, 4) is 5.75 Å². The molecule has 0 aliphatic carbocycles. The molecule has 0 aliphatic rings. The fourth-order valence-electron chi connectivity index (χ4n) is 1.02. The number of nitrogens with two attached hydrogens (primary N) is 1. The van der Waals surface area contributed by atoms with Gasteiger partial charge in [-0.3, -0.25) is 0 Å². The summed E-state index contributed by atoms with van der Waals surface area (Å²) in [7, 11) is 0. The molecule has 13 heavy (non-hydrogen) atoms. The van der Waals surface area contributed by atoms with Gasteiger partial charge in [0.1, 0.15) is 11.5 Å². The van der Waals surface area contributed by atoms with Crippen LogP contribution in [0, 0.1) is 0 Å². The van der Waals surface area contributed by atoms with E-state index in [2.05, 4.69) is 0 Å². The van der Waals surface area contributed by atoms with Gasteiger partial charge in [0.2, 0.25) is 0 Å². The van der Waals surface area contributed by atoms with Gasteiger partial charge in [-0.1, -0.05) is 12.1 Å². The number of phenols is 1. The number of aliphatic hydroxyl groups is 2. The Morgan fingerprint density at radius 1 is 1.23 bits per heavy atom. The number of hydrogen-bond acceptors (Lipinski definition) is 4. The average molecular weight is 183 g/mol. The van der Waals surface area contributed by atoms with Crippen LogP contribution in [0.3, 0.4) is 0 Å². The second kappa shape index (κ2) is 3.74. The molecule has 0 spiro atoms. The number of phenolic OH excluding ortho intramolecular Hbond substituents is 1. The SMILES string of the molecule is N[C@](O)(CO)Cc1ccc(O)cc1. The monoisotopic (exact) mass is 183 g/mol. The Balaban J connectivity index is 2.69. The van der Waals surface area contributed by atoms with E-state index in [4.69, 9.17) is 15.9 Å². The van der Waals surface area contributed by atoms with E-state index >= 15 is 0 Å². The van der Waals surface area contributed by atoms with Gasteiger partial charge >= 0.3 is 0 Å². The molecule has 0 saturated carbocycles. The molecule has 1 atom stereocenters. The zero-order chi connectivity index (χ0) is 9.90. The van der Waals surface area contributed by atoms with Crippen LogP contribution >= 0.6 is 0 Å². The van der Waals surface area contributed by atoms with Crippen molar-refractivity contribution in [2.75, 3.05) is 6.61 Å². The summed E-state index contributed by atoms with van der Waals surface area (Å²) in [6.45, 7) is -0.492. The zero-order valence-electron chi connectivity index (χ0n) is 7.14. The fraction of sp³-hybridized carbons (Fsp3) is 0.333. The maximum atomic E-state index is 9.31. The van der Waals surface area contributed by atoms with Gasteiger partial charge in [0.15, 0.2) is 0 Å². The van der Waals surface area contributed by atoms with Crippen molar-refractivity contribution in [2.24, 2.45) is 5.73 Å². The lowest BCUT2D eigenvalue weighted by molar-refractivity contribution is -0.00853. The predicted octanol–water partition coefficient (Wildman–Crippen LogP) is -0.426. The molecular formula is C9H13NO3. The number of aromatic hydroxyl groups is 1. The Bertz CT molecular complexity index is 269. The smallest absolute Gasteiger partial charge is 0.140 e. The van der Waals surface area contributed by atoms with Crippen LogP contribution in [0.5, 0.6) is 5.75 Å². The lowest BCUT2D eigenvalue weighted by Gasteiger charge is -2.19. The summed E-state index contributed by atoms with van der Waals surface area (Å²) < 4.78 is 0. The summed E-state index contributed by atoms with van der Waals surface area (Å²) in [6, 6.07) is 6.29. The van der Waals surface area contributed by atoms with Crippen molar-refractivity contribution >= 4 is 0 Å². The summed E-state index contributed by atoms with van der Waals surface area (Å²) in [6.07, 6.45) is 0.157. The Morgan fingerprint density at radius 3 is 2.23 bits per heavy atom. The molecule has 0 radical (unpaired) electrons. The molecule has 4 heteroatoms. The van der Waals surface area contributed by atoms with Gasteiger partial charge in [0.05, 0.1) is 6.61 Å². The molecule has 5 N–H and O–H groups in total. The lowest BCUT2D eigenvalue weighted by atomic mass is 10.0. The van der Waals surface area contributed by atoms with Crippen LogP contribution in [0.15, 0.2) is 24.3 Å². The standard InChI is InChI=1S/C9H13NO3/c10-9(13,6-11)5-7-1-3-8(12)4-2-7/h1-4,11-13H,5-6,10H2/t9-/m1/s1. The molecule has 4 nitrogen and oxygen atoms in total. The van der Waals surface area contributed by atoms with E-state index in [1.807, 2.05) is 0 Å². The molecule has 0 unspecified atom stereocenters. The van der Waals surface area contributed by atoms with Crippen LogP contribution in [0.25, 0.3) is 0 Å². The second-order valence-corrected chi connectivity index (χ2v) is 3.10. The van der Waals surface area contributed by atoms with Crippen molar-refractivity contribution in [1.29, 1.82) is 0 Å². The molecule has 72 valence electrons. The highest BCUT2D eigenvalue weighted by molar-refractivity contribution is 5.26. The number of aliphatic hydroxyl groups excluding tert-OH is 1. The van der Waals surface area contributed by atoms with Crippen LogP contribution in [0.1, 0.15) is 5.56 Å². The third kappa shape index (κ3) is 3.02. The normalized spacial score (nSPS) is 15.3.